The highest BCUT2D eigenvalue weighted by Crippen LogP contribution is 2.16. The highest BCUT2D eigenvalue weighted by molar-refractivity contribution is 9.10. The Morgan fingerprint density at radius 3 is 2.89 bits per heavy atom. The summed E-state index contributed by atoms with van der Waals surface area (Å²) in [4.78, 5) is 25.9. The Hall–Kier alpha value is -1.73. The molecule has 6 nitrogen and oxygen atoms in total. The lowest BCUT2D eigenvalue weighted by molar-refractivity contribution is -0.384. The summed E-state index contributed by atoms with van der Waals surface area (Å²) >= 11 is 8.74. The van der Waals surface area contributed by atoms with E-state index in [9.17, 15) is 14.9 Å². The van der Waals surface area contributed by atoms with Gasteiger partial charge < -0.3 is 0 Å². The van der Waals surface area contributed by atoms with Gasteiger partial charge in [0.1, 0.15) is 4.47 Å². The van der Waals surface area contributed by atoms with E-state index in [1.54, 1.807) is 12.1 Å². The first-order valence-corrected chi connectivity index (χ1v) is 6.30. The summed E-state index contributed by atoms with van der Waals surface area (Å²) in [7, 11) is 0. The largest absolute Gasteiger partial charge is 0.294 e. The number of nitro groups is 1. The Kier molecular flexibility index (Phi) is 3.96. The summed E-state index contributed by atoms with van der Waals surface area (Å²) in [5, 5.41) is 10.8. The fourth-order valence-corrected chi connectivity index (χ4v) is 1.98. The average molecular weight is 345 g/mol. The number of non-ortho nitro benzene ring substituents is 1. The van der Waals surface area contributed by atoms with Crippen molar-refractivity contribution in [3.8, 4) is 0 Å². The predicted molar refractivity (Wildman–Crippen MR) is 73.4 cm³/mol. The summed E-state index contributed by atoms with van der Waals surface area (Å²) in [5.74, 6) is 0. The van der Waals surface area contributed by atoms with E-state index in [0.29, 0.717) is 5.56 Å². The zero-order valence-corrected chi connectivity index (χ0v) is 11.8. The molecular formula is C11H7BrClN3O3. The van der Waals surface area contributed by atoms with Crippen molar-refractivity contribution >= 4 is 33.2 Å². The normalized spacial score (nSPS) is 10.4. The van der Waals surface area contributed by atoms with Crippen molar-refractivity contribution in [2.24, 2.45) is 0 Å². The molecule has 19 heavy (non-hydrogen) atoms. The molecule has 0 aliphatic carbocycles. The van der Waals surface area contributed by atoms with Crippen LogP contribution in [0, 0.1) is 10.1 Å². The van der Waals surface area contributed by atoms with Crippen molar-refractivity contribution in [3.63, 3.8) is 0 Å². The second kappa shape index (κ2) is 5.50. The summed E-state index contributed by atoms with van der Waals surface area (Å²) in [6.45, 7) is 0.184. The topological polar surface area (TPSA) is 78.0 Å². The molecule has 0 fully saturated rings. The lowest BCUT2D eigenvalue weighted by Crippen LogP contribution is -2.21. The van der Waals surface area contributed by atoms with Crippen molar-refractivity contribution < 1.29 is 4.92 Å². The molecule has 0 N–H and O–H groups in total. The van der Waals surface area contributed by atoms with E-state index >= 15 is 0 Å². The molecule has 1 aromatic heterocycles. The molecule has 2 rings (SSSR count). The predicted octanol–water partition coefficient (Wildman–Crippen LogP) is 2.62. The highest BCUT2D eigenvalue weighted by atomic mass is 79.9. The van der Waals surface area contributed by atoms with Crippen LogP contribution in [0.2, 0.25) is 5.15 Å². The van der Waals surface area contributed by atoms with Crippen LogP contribution >= 0.6 is 27.5 Å². The van der Waals surface area contributed by atoms with Gasteiger partial charge in [0.25, 0.3) is 11.2 Å². The van der Waals surface area contributed by atoms with Crippen molar-refractivity contribution in [2.45, 2.75) is 6.54 Å². The van der Waals surface area contributed by atoms with Crippen molar-refractivity contribution in [3.05, 3.63) is 66.3 Å². The van der Waals surface area contributed by atoms with Gasteiger partial charge in [-0.15, -0.1) is 0 Å². The van der Waals surface area contributed by atoms with E-state index in [4.69, 9.17) is 11.6 Å². The number of nitrogens with zero attached hydrogens (tertiary/aromatic N) is 3. The smallest absolute Gasteiger partial charge is 0.269 e. The number of hydrogen-bond donors (Lipinski definition) is 0. The molecule has 1 aromatic carbocycles. The number of benzene rings is 1. The molecule has 0 aliphatic rings. The van der Waals surface area contributed by atoms with Gasteiger partial charge in [0.2, 0.25) is 0 Å². The Morgan fingerprint density at radius 1 is 1.47 bits per heavy atom. The minimum atomic E-state index is -0.484. The molecule has 0 amide bonds. The molecule has 0 unspecified atom stereocenters. The SMILES string of the molecule is O=c1c(Br)c(Cl)ncn1Cc1cccc([N+](=O)[O-])c1. The molecule has 0 atom stereocenters. The van der Waals surface area contributed by atoms with Gasteiger partial charge in [-0.05, 0) is 21.5 Å². The number of hydrogen-bond acceptors (Lipinski definition) is 4. The quantitative estimate of drug-likeness (QED) is 0.487. The molecule has 2 aromatic rings. The number of rotatable bonds is 3. The van der Waals surface area contributed by atoms with Crippen LogP contribution in [0.5, 0.6) is 0 Å². The molecular weight excluding hydrogens is 337 g/mol. The summed E-state index contributed by atoms with van der Waals surface area (Å²) in [6, 6.07) is 6.07. The van der Waals surface area contributed by atoms with Gasteiger partial charge in [-0.1, -0.05) is 23.7 Å². The maximum atomic E-state index is 11.9. The molecule has 0 spiro atoms. The third-order valence-electron chi connectivity index (χ3n) is 2.41. The first-order chi connectivity index (χ1) is 8.99. The Morgan fingerprint density at radius 2 is 2.21 bits per heavy atom. The summed E-state index contributed by atoms with van der Waals surface area (Å²) < 4.78 is 1.48. The van der Waals surface area contributed by atoms with Crippen LogP contribution in [-0.2, 0) is 6.54 Å². The van der Waals surface area contributed by atoms with Crippen LogP contribution in [0.3, 0.4) is 0 Å². The maximum Gasteiger partial charge on any atom is 0.269 e. The average Bonchev–Trinajstić information content (AvgIpc) is 2.40. The lowest BCUT2D eigenvalue weighted by Gasteiger charge is -2.06. The van der Waals surface area contributed by atoms with Gasteiger partial charge in [-0.3, -0.25) is 19.5 Å². The van der Waals surface area contributed by atoms with Crippen LogP contribution in [0.1, 0.15) is 5.56 Å². The van der Waals surface area contributed by atoms with E-state index in [1.807, 2.05) is 0 Å². The zero-order valence-electron chi connectivity index (χ0n) is 9.42. The van der Waals surface area contributed by atoms with Crippen LogP contribution < -0.4 is 5.56 Å². The molecule has 0 saturated heterocycles. The van der Waals surface area contributed by atoms with Crippen molar-refractivity contribution in [2.75, 3.05) is 0 Å². The van der Waals surface area contributed by atoms with Gasteiger partial charge in [0, 0.05) is 12.1 Å². The first-order valence-electron chi connectivity index (χ1n) is 5.13. The number of aromatic nitrogens is 2. The zero-order chi connectivity index (χ0) is 14.0. The first kappa shape index (κ1) is 13.7. The monoisotopic (exact) mass is 343 g/mol. The van der Waals surface area contributed by atoms with E-state index in [-0.39, 0.29) is 27.4 Å². The molecule has 1 heterocycles. The van der Waals surface area contributed by atoms with Crippen molar-refractivity contribution in [1.29, 1.82) is 0 Å². The van der Waals surface area contributed by atoms with Crippen molar-refractivity contribution in [1.82, 2.24) is 9.55 Å². The van der Waals surface area contributed by atoms with Gasteiger partial charge in [-0.2, -0.15) is 0 Å². The van der Waals surface area contributed by atoms with Crippen LogP contribution in [0.25, 0.3) is 0 Å². The van der Waals surface area contributed by atoms with E-state index in [0.717, 1.165) is 0 Å². The number of halogens is 2. The van der Waals surface area contributed by atoms with Crippen LogP contribution in [-0.4, -0.2) is 14.5 Å². The van der Waals surface area contributed by atoms with Crippen LogP contribution in [0.4, 0.5) is 5.69 Å². The Bertz CT molecular complexity index is 702. The third-order valence-corrected chi connectivity index (χ3v) is 3.64. The fraction of sp³-hybridized carbons (Fsp3) is 0.0909. The highest BCUT2D eigenvalue weighted by Gasteiger charge is 2.09. The standard InChI is InChI=1S/C11H7BrClN3O3/c12-9-10(13)14-6-15(11(9)17)5-7-2-1-3-8(4-7)16(18)19/h1-4,6H,5H2. The molecule has 0 saturated carbocycles. The second-order valence-corrected chi connectivity index (χ2v) is 4.86. The number of nitro benzene ring substituents is 1. The van der Waals surface area contributed by atoms with Crippen LogP contribution in [0.15, 0.2) is 39.9 Å². The van der Waals surface area contributed by atoms with Gasteiger partial charge in [0.15, 0.2) is 5.15 Å². The van der Waals surface area contributed by atoms with E-state index in [2.05, 4.69) is 20.9 Å². The summed E-state index contributed by atoms with van der Waals surface area (Å²) in [5.41, 5.74) is 0.269. The molecule has 8 heteroatoms. The second-order valence-electron chi connectivity index (χ2n) is 3.71. The minimum absolute atomic E-state index is 0.0217. The molecule has 0 radical (unpaired) electrons. The van der Waals surface area contributed by atoms with Gasteiger partial charge in [0.05, 0.1) is 17.8 Å². The van der Waals surface area contributed by atoms with Gasteiger partial charge >= 0.3 is 0 Å². The fourth-order valence-electron chi connectivity index (χ4n) is 1.52. The maximum absolute atomic E-state index is 11.9. The molecule has 0 aliphatic heterocycles. The minimum Gasteiger partial charge on any atom is -0.294 e. The molecule has 0 bridgehead atoms. The Labute approximate surface area is 120 Å². The van der Waals surface area contributed by atoms with Gasteiger partial charge in [-0.25, -0.2) is 4.98 Å². The summed E-state index contributed by atoms with van der Waals surface area (Å²) in [6.07, 6.45) is 1.30. The lowest BCUT2D eigenvalue weighted by atomic mass is 10.2. The van der Waals surface area contributed by atoms with E-state index < -0.39 is 4.92 Å². The van der Waals surface area contributed by atoms with E-state index in [1.165, 1.54) is 23.0 Å². The Balaban J connectivity index is 2.37. The molecule has 98 valence electrons. The third kappa shape index (κ3) is 2.99.